The van der Waals surface area contributed by atoms with Crippen LogP contribution in [0, 0.1) is 11.3 Å². The van der Waals surface area contributed by atoms with E-state index in [4.69, 9.17) is 17.3 Å². The van der Waals surface area contributed by atoms with Crippen LogP contribution >= 0.6 is 27.5 Å². The van der Waals surface area contributed by atoms with Gasteiger partial charge in [0.15, 0.2) is 0 Å². The fourth-order valence-electron chi connectivity index (χ4n) is 3.20. The number of halogens is 2. The molecule has 2 aromatic carbocycles. The summed E-state index contributed by atoms with van der Waals surface area (Å²) >= 11 is 9.84. The highest BCUT2D eigenvalue weighted by molar-refractivity contribution is 9.10. The number of nitrogens with two attached hydrogens (primary N) is 1. The van der Waals surface area contributed by atoms with Gasteiger partial charge in [-0.25, -0.2) is 0 Å². The fourth-order valence-corrected chi connectivity index (χ4v) is 3.85. The summed E-state index contributed by atoms with van der Waals surface area (Å²) < 4.78 is 0.724. The minimum atomic E-state index is -0.217. The van der Waals surface area contributed by atoms with Crippen molar-refractivity contribution in [3.8, 4) is 0 Å². The van der Waals surface area contributed by atoms with Gasteiger partial charge < -0.3 is 16.0 Å². The molecule has 0 saturated heterocycles. The van der Waals surface area contributed by atoms with Crippen LogP contribution in [0.15, 0.2) is 46.9 Å². The Labute approximate surface area is 191 Å². The summed E-state index contributed by atoms with van der Waals surface area (Å²) in [5, 5.41) is 3.48. The first-order chi connectivity index (χ1) is 14.2. The maximum absolute atomic E-state index is 12.9. The van der Waals surface area contributed by atoms with E-state index in [1.54, 1.807) is 18.2 Å². The summed E-state index contributed by atoms with van der Waals surface area (Å²) in [6.45, 7) is 5.53. The second-order valence-corrected chi connectivity index (χ2v) is 9.84. The fraction of sp³-hybridized carbons (Fsp3) is 0.391. The molecule has 0 aliphatic heterocycles. The molecule has 1 aliphatic carbocycles. The highest BCUT2D eigenvalue weighted by Crippen LogP contribution is 2.33. The van der Waals surface area contributed by atoms with Crippen molar-refractivity contribution in [2.24, 2.45) is 17.1 Å². The molecule has 7 heteroatoms. The van der Waals surface area contributed by atoms with Gasteiger partial charge in [-0.2, -0.15) is 0 Å². The van der Waals surface area contributed by atoms with E-state index in [1.807, 2.05) is 29.2 Å². The quantitative estimate of drug-likeness (QED) is 0.540. The highest BCUT2D eigenvalue weighted by Gasteiger charge is 2.35. The molecule has 5 nitrogen and oxygen atoms in total. The van der Waals surface area contributed by atoms with Crippen molar-refractivity contribution in [2.45, 2.75) is 33.2 Å². The van der Waals surface area contributed by atoms with E-state index in [2.05, 4.69) is 35.1 Å². The number of carbonyl (C=O) groups excluding carboxylic acids is 2. The molecule has 0 radical (unpaired) electrons. The zero-order valence-electron chi connectivity index (χ0n) is 17.3. The molecule has 3 rings (SSSR count). The van der Waals surface area contributed by atoms with Gasteiger partial charge >= 0.3 is 0 Å². The van der Waals surface area contributed by atoms with E-state index < -0.39 is 0 Å². The van der Waals surface area contributed by atoms with Gasteiger partial charge in [0, 0.05) is 34.2 Å². The van der Waals surface area contributed by atoms with E-state index in [0.717, 1.165) is 22.9 Å². The lowest BCUT2D eigenvalue weighted by Crippen LogP contribution is -2.42. The first-order valence-corrected chi connectivity index (χ1v) is 11.2. The number of benzene rings is 2. The smallest absolute Gasteiger partial charge is 0.256 e. The van der Waals surface area contributed by atoms with Crippen molar-refractivity contribution < 1.29 is 9.59 Å². The third-order valence-electron chi connectivity index (χ3n) is 5.19. The second kappa shape index (κ2) is 9.50. The van der Waals surface area contributed by atoms with Crippen LogP contribution in [-0.4, -0.2) is 29.8 Å². The number of carbonyl (C=O) groups is 2. The van der Waals surface area contributed by atoms with Crippen LogP contribution in [0.4, 0.5) is 5.69 Å². The zero-order valence-corrected chi connectivity index (χ0v) is 19.6. The number of amides is 2. The van der Waals surface area contributed by atoms with Gasteiger partial charge in [0.1, 0.15) is 0 Å². The van der Waals surface area contributed by atoms with E-state index in [1.165, 1.54) is 0 Å². The average molecular weight is 493 g/mol. The van der Waals surface area contributed by atoms with Gasteiger partial charge in [-0.05, 0) is 76.6 Å². The molecule has 30 heavy (non-hydrogen) atoms. The number of rotatable bonds is 8. The Bertz CT molecular complexity index is 944. The Balaban J connectivity index is 1.80. The van der Waals surface area contributed by atoms with E-state index >= 15 is 0 Å². The van der Waals surface area contributed by atoms with Crippen molar-refractivity contribution >= 4 is 45.0 Å². The third-order valence-corrected chi connectivity index (χ3v) is 6.25. The standard InChI is InChI=1S/C23H27BrClN3O2/c1-23(2,13-26)14-28(22(30)15-7-8-15)12-16-11-17(9-10-20(16)25)27-21(29)18-5-3-4-6-19(18)24/h3-6,9-11,15H,7-8,12-14,26H2,1-2H3,(H,27,29). The van der Waals surface area contributed by atoms with Gasteiger partial charge in [-0.3, -0.25) is 9.59 Å². The largest absolute Gasteiger partial charge is 0.337 e. The molecule has 1 aliphatic rings. The molecule has 0 spiro atoms. The third kappa shape index (κ3) is 5.84. The molecule has 0 unspecified atom stereocenters. The lowest BCUT2D eigenvalue weighted by molar-refractivity contribution is -0.134. The molecule has 0 aromatic heterocycles. The Hall–Kier alpha value is -1.89. The maximum atomic E-state index is 12.9. The SMILES string of the molecule is CC(C)(CN)CN(Cc1cc(NC(=O)c2ccccc2Br)ccc1Cl)C(=O)C1CC1. The summed E-state index contributed by atoms with van der Waals surface area (Å²) in [5.74, 6) is 0.0387. The van der Waals surface area contributed by atoms with E-state index in [9.17, 15) is 9.59 Å². The normalized spacial score (nSPS) is 13.8. The summed E-state index contributed by atoms with van der Waals surface area (Å²) in [7, 11) is 0. The average Bonchev–Trinajstić information content (AvgIpc) is 3.55. The van der Waals surface area contributed by atoms with Gasteiger partial charge in [0.25, 0.3) is 5.91 Å². The van der Waals surface area contributed by atoms with E-state index in [0.29, 0.717) is 35.9 Å². The van der Waals surface area contributed by atoms with Gasteiger partial charge in [-0.1, -0.05) is 37.6 Å². The molecule has 2 aromatic rings. The predicted molar refractivity (Wildman–Crippen MR) is 125 cm³/mol. The summed E-state index contributed by atoms with van der Waals surface area (Å²) in [5.41, 5.74) is 7.68. The minimum Gasteiger partial charge on any atom is -0.337 e. The second-order valence-electron chi connectivity index (χ2n) is 8.58. The van der Waals surface area contributed by atoms with Crippen molar-refractivity contribution in [3.05, 3.63) is 63.1 Å². The minimum absolute atomic E-state index is 0.107. The maximum Gasteiger partial charge on any atom is 0.256 e. The number of hydrogen-bond donors (Lipinski definition) is 2. The van der Waals surface area contributed by atoms with Crippen LogP contribution in [0.3, 0.4) is 0 Å². The predicted octanol–water partition coefficient (Wildman–Crippen LogP) is 5.08. The Morgan fingerprint density at radius 1 is 1.23 bits per heavy atom. The highest BCUT2D eigenvalue weighted by atomic mass is 79.9. The van der Waals surface area contributed by atoms with Crippen LogP contribution in [0.5, 0.6) is 0 Å². The number of hydrogen-bond acceptors (Lipinski definition) is 3. The molecule has 1 saturated carbocycles. The van der Waals surface area contributed by atoms with Crippen molar-refractivity contribution in [1.29, 1.82) is 0 Å². The van der Waals surface area contributed by atoms with Crippen LogP contribution < -0.4 is 11.1 Å². The molecule has 1 fully saturated rings. The molecular formula is C23H27BrClN3O2. The number of nitrogens with zero attached hydrogens (tertiary/aromatic N) is 1. The van der Waals surface area contributed by atoms with Crippen molar-refractivity contribution in [1.82, 2.24) is 4.90 Å². The molecule has 160 valence electrons. The Kier molecular flexibility index (Phi) is 7.22. The zero-order chi connectivity index (χ0) is 21.9. The first kappa shape index (κ1) is 22.8. The summed E-state index contributed by atoms with van der Waals surface area (Å²) in [4.78, 5) is 27.4. The van der Waals surface area contributed by atoms with Crippen molar-refractivity contribution in [2.75, 3.05) is 18.4 Å². The number of nitrogens with one attached hydrogen (secondary N) is 1. The molecule has 3 N–H and O–H groups in total. The monoisotopic (exact) mass is 491 g/mol. The Morgan fingerprint density at radius 3 is 2.57 bits per heavy atom. The van der Waals surface area contributed by atoms with Gasteiger partial charge in [0.05, 0.1) is 5.56 Å². The van der Waals surface area contributed by atoms with Crippen LogP contribution in [0.1, 0.15) is 42.6 Å². The number of anilines is 1. The Morgan fingerprint density at radius 2 is 1.93 bits per heavy atom. The summed E-state index contributed by atoms with van der Waals surface area (Å²) in [6.07, 6.45) is 1.88. The van der Waals surface area contributed by atoms with E-state index in [-0.39, 0.29) is 23.1 Å². The molecule has 2 amide bonds. The summed E-state index contributed by atoms with van der Waals surface area (Å²) in [6, 6.07) is 12.6. The molecule has 0 bridgehead atoms. The molecular weight excluding hydrogens is 466 g/mol. The van der Waals surface area contributed by atoms with Crippen LogP contribution in [0.25, 0.3) is 0 Å². The topological polar surface area (TPSA) is 75.4 Å². The van der Waals surface area contributed by atoms with Crippen LogP contribution in [-0.2, 0) is 11.3 Å². The molecule has 0 atom stereocenters. The lowest BCUT2D eigenvalue weighted by Gasteiger charge is -2.32. The van der Waals surface area contributed by atoms with Gasteiger partial charge in [-0.15, -0.1) is 0 Å². The lowest BCUT2D eigenvalue weighted by atomic mass is 9.92. The van der Waals surface area contributed by atoms with Gasteiger partial charge in [0.2, 0.25) is 5.91 Å². The van der Waals surface area contributed by atoms with Crippen molar-refractivity contribution in [3.63, 3.8) is 0 Å². The molecule has 0 heterocycles. The van der Waals surface area contributed by atoms with Crippen LogP contribution in [0.2, 0.25) is 5.02 Å². The first-order valence-electron chi connectivity index (χ1n) is 10.0.